The summed E-state index contributed by atoms with van der Waals surface area (Å²) in [4.78, 5) is 4.07. The quantitative estimate of drug-likeness (QED) is 0.693. The summed E-state index contributed by atoms with van der Waals surface area (Å²) in [5.74, 6) is 0.845. The number of nitrogens with one attached hydrogen (secondary N) is 1. The van der Waals surface area contributed by atoms with E-state index < -0.39 is 0 Å². The highest BCUT2D eigenvalue weighted by Crippen LogP contribution is 1.96. The van der Waals surface area contributed by atoms with Crippen molar-refractivity contribution >= 4 is 12.2 Å². The second kappa shape index (κ2) is 3.09. The molecule has 2 aromatic heterocycles. The minimum atomic E-state index is 0.586. The zero-order valence-corrected chi connectivity index (χ0v) is 7.82. The van der Waals surface area contributed by atoms with Gasteiger partial charge in [-0.2, -0.15) is 10.2 Å². The van der Waals surface area contributed by atoms with Gasteiger partial charge in [0.2, 0.25) is 0 Å². The minimum absolute atomic E-state index is 0.586. The largest absolute Gasteiger partial charge is 0.299 e. The van der Waals surface area contributed by atoms with Crippen LogP contribution in [-0.2, 0) is 13.6 Å². The molecule has 1 N–H and O–H groups in total. The lowest BCUT2D eigenvalue weighted by Crippen LogP contribution is -2.06. The molecule has 0 aromatic carbocycles. The number of H-pyrrole nitrogens is 1. The molecule has 0 aliphatic carbocycles. The van der Waals surface area contributed by atoms with Gasteiger partial charge in [-0.05, 0) is 12.2 Å². The molecule has 13 heavy (non-hydrogen) atoms. The van der Waals surface area contributed by atoms with Gasteiger partial charge in [-0.1, -0.05) is 0 Å². The van der Waals surface area contributed by atoms with E-state index in [1.807, 2.05) is 7.05 Å². The molecule has 2 rings (SSSR count). The molecule has 0 fully saturated rings. The lowest BCUT2D eigenvalue weighted by molar-refractivity contribution is 0.648. The van der Waals surface area contributed by atoms with Crippen molar-refractivity contribution in [2.45, 2.75) is 6.54 Å². The van der Waals surface area contributed by atoms with Gasteiger partial charge in [0.25, 0.3) is 0 Å². The molecule has 0 atom stereocenters. The predicted octanol–water partition coefficient (Wildman–Crippen LogP) is 0.117. The third kappa shape index (κ3) is 1.50. The molecular formula is C6H8N6S. The van der Waals surface area contributed by atoms with Crippen LogP contribution in [0.4, 0.5) is 0 Å². The Morgan fingerprint density at radius 1 is 1.62 bits per heavy atom. The Bertz CT molecular complexity index is 451. The molecule has 0 saturated carbocycles. The number of hydrogen-bond donors (Lipinski definition) is 1. The molecule has 0 bridgehead atoms. The molecule has 6 nitrogen and oxygen atoms in total. The van der Waals surface area contributed by atoms with Crippen LogP contribution in [0, 0.1) is 4.77 Å². The first-order chi connectivity index (χ1) is 6.27. The van der Waals surface area contributed by atoms with Crippen molar-refractivity contribution in [2.75, 3.05) is 0 Å². The summed E-state index contributed by atoms with van der Waals surface area (Å²) in [6.07, 6.45) is 3.15. The van der Waals surface area contributed by atoms with Crippen LogP contribution in [0.3, 0.4) is 0 Å². The topological polar surface area (TPSA) is 64.3 Å². The van der Waals surface area contributed by atoms with Crippen LogP contribution in [-0.4, -0.2) is 29.5 Å². The number of hydrogen-bond acceptors (Lipinski definition) is 4. The van der Waals surface area contributed by atoms with Crippen molar-refractivity contribution < 1.29 is 0 Å². The van der Waals surface area contributed by atoms with Crippen molar-refractivity contribution in [1.82, 2.24) is 29.5 Å². The van der Waals surface area contributed by atoms with Crippen LogP contribution < -0.4 is 0 Å². The monoisotopic (exact) mass is 196 g/mol. The van der Waals surface area contributed by atoms with E-state index in [1.165, 1.54) is 6.33 Å². The zero-order valence-electron chi connectivity index (χ0n) is 7.01. The van der Waals surface area contributed by atoms with Gasteiger partial charge in [-0.25, -0.2) is 4.98 Å². The van der Waals surface area contributed by atoms with Crippen molar-refractivity contribution in [3.8, 4) is 0 Å². The summed E-state index contributed by atoms with van der Waals surface area (Å²) in [7, 11) is 1.84. The average molecular weight is 196 g/mol. The molecule has 0 spiro atoms. The second-order valence-electron chi connectivity index (χ2n) is 2.59. The first kappa shape index (κ1) is 8.11. The van der Waals surface area contributed by atoms with Crippen molar-refractivity contribution in [3.63, 3.8) is 0 Å². The molecule has 2 heterocycles. The van der Waals surface area contributed by atoms with E-state index in [0.29, 0.717) is 11.3 Å². The molecule has 0 saturated heterocycles. The maximum atomic E-state index is 4.99. The number of aromatic amines is 1. The van der Waals surface area contributed by atoms with Crippen LogP contribution in [0.25, 0.3) is 0 Å². The van der Waals surface area contributed by atoms with Crippen LogP contribution in [0.2, 0.25) is 0 Å². The maximum Gasteiger partial charge on any atom is 0.195 e. The highest BCUT2D eigenvalue weighted by atomic mass is 32.1. The third-order valence-corrected chi connectivity index (χ3v) is 2.06. The fourth-order valence-electron chi connectivity index (χ4n) is 0.999. The van der Waals surface area contributed by atoms with E-state index in [9.17, 15) is 0 Å². The number of nitrogens with zero attached hydrogens (tertiary/aromatic N) is 5. The summed E-state index contributed by atoms with van der Waals surface area (Å²) in [5.41, 5.74) is 0. The number of aryl methyl sites for hydroxylation is 1. The molecule has 0 aliphatic heterocycles. The smallest absolute Gasteiger partial charge is 0.195 e. The lowest BCUT2D eigenvalue weighted by atomic mass is 10.6. The van der Waals surface area contributed by atoms with Gasteiger partial charge in [-0.3, -0.25) is 14.3 Å². The second-order valence-corrected chi connectivity index (χ2v) is 2.98. The summed E-state index contributed by atoms with van der Waals surface area (Å²) in [5, 5.41) is 10.4. The van der Waals surface area contributed by atoms with Crippen LogP contribution in [0.15, 0.2) is 12.7 Å². The highest BCUT2D eigenvalue weighted by Gasteiger charge is 2.01. The average Bonchev–Trinajstić information content (AvgIpc) is 2.65. The maximum absolute atomic E-state index is 4.99. The van der Waals surface area contributed by atoms with Gasteiger partial charge in [-0.15, -0.1) is 0 Å². The van der Waals surface area contributed by atoms with E-state index >= 15 is 0 Å². The Hall–Kier alpha value is -1.50. The van der Waals surface area contributed by atoms with Gasteiger partial charge in [0.1, 0.15) is 18.5 Å². The van der Waals surface area contributed by atoms with Crippen LogP contribution >= 0.6 is 12.2 Å². The van der Waals surface area contributed by atoms with E-state index in [-0.39, 0.29) is 0 Å². The Balaban J connectivity index is 2.29. The SMILES string of the molecule is Cn1ncnc1Cn1cn[nH]c1=S. The number of rotatable bonds is 2. The standard InChI is InChI=1S/C6H8N6S/c1-11-5(7-3-9-11)2-12-4-8-10-6(12)13/h3-4H,2H2,1H3,(H,10,13). The Labute approximate surface area is 79.2 Å². The van der Waals surface area contributed by atoms with Crippen molar-refractivity contribution in [3.05, 3.63) is 23.3 Å². The first-order valence-electron chi connectivity index (χ1n) is 3.70. The molecule has 68 valence electrons. The summed E-state index contributed by atoms with van der Waals surface area (Å²) in [6, 6.07) is 0. The van der Waals surface area contributed by atoms with Gasteiger partial charge in [0.15, 0.2) is 4.77 Å². The van der Waals surface area contributed by atoms with E-state index in [1.54, 1.807) is 15.6 Å². The van der Waals surface area contributed by atoms with E-state index in [4.69, 9.17) is 12.2 Å². The molecule has 2 aromatic rings. The molecular weight excluding hydrogens is 188 g/mol. The van der Waals surface area contributed by atoms with Gasteiger partial charge in [0, 0.05) is 7.05 Å². The highest BCUT2D eigenvalue weighted by molar-refractivity contribution is 7.71. The molecule has 0 amide bonds. The molecule has 7 heteroatoms. The third-order valence-electron chi connectivity index (χ3n) is 1.74. The fraction of sp³-hybridized carbons (Fsp3) is 0.333. The van der Waals surface area contributed by atoms with Gasteiger partial charge < -0.3 is 0 Å². The fourth-order valence-corrected chi connectivity index (χ4v) is 1.16. The van der Waals surface area contributed by atoms with Gasteiger partial charge >= 0.3 is 0 Å². The lowest BCUT2D eigenvalue weighted by Gasteiger charge is -1.99. The summed E-state index contributed by atoms with van der Waals surface area (Å²) in [6.45, 7) is 0.589. The first-order valence-corrected chi connectivity index (χ1v) is 4.11. The normalized spacial score (nSPS) is 10.5. The molecule has 0 radical (unpaired) electrons. The van der Waals surface area contributed by atoms with Crippen LogP contribution in [0.5, 0.6) is 0 Å². The zero-order chi connectivity index (χ0) is 9.26. The summed E-state index contributed by atoms with van der Waals surface area (Å²) < 4.78 is 4.08. The van der Waals surface area contributed by atoms with Crippen molar-refractivity contribution in [2.24, 2.45) is 7.05 Å². The van der Waals surface area contributed by atoms with Crippen molar-refractivity contribution in [1.29, 1.82) is 0 Å². The Morgan fingerprint density at radius 3 is 3.00 bits per heavy atom. The molecule has 0 unspecified atom stereocenters. The predicted molar refractivity (Wildman–Crippen MR) is 47.5 cm³/mol. The minimum Gasteiger partial charge on any atom is -0.299 e. The van der Waals surface area contributed by atoms with E-state index in [2.05, 4.69) is 20.3 Å². The van der Waals surface area contributed by atoms with E-state index in [0.717, 1.165) is 5.82 Å². The molecule has 0 aliphatic rings. The summed E-state index contributed by atoms with van der Waals surface area (Å²) >= 11 is 4.99. The Morgan fingerprint density at radius 2 is 2.46 bits per heavy atom. The number of aromatic nitrogens is 6. The Kier molecular flexibility index (Phi) is 1.93. The van der Waals surface area contributed by atoms with Gasteiger partial charge in [0.05, 0.1) is 6.54 Å². The van der Waals surface area contributed by atoms with Crippen LogP contribution in [0.1, 0.15) is 5.82 Å².